The summed E-state index contributed by atoms with van der Waals surface area (Å²) >= 11 is 0. The molecule has 4 aliphatic heterocycles. The molecule has 0 unspecified atom stereocenters. The molecule has 0 aromatic heterocycles. The van der Waals surface area contributed by atoms with E-state index in [1.54, 1.807) is 13.8 Å². The second-order valence-electron chi connectivity index (χ2n) is 9.79. The van der Waals surface area contributed by atoms with Crippen LogP contribution >= 0.6 is 0 Å². The van der Waals surface area contributed by atoms with E-state index in [1.807, 2.05) is 0 Å². The summed E-state index contributed by atoms with van der Waals surface area (Å²) in [5.41, 5.74) is -1.80. The van der Waals surface area contributed by atoms with Crippen molar-refractivity contribution in [1.82, 2.24) is 0 Å². The van der Waals surface area contributed by atoms with Crippen molar-refractivity contribution < 1.29 is 46.2 Å². The molecule has 0 bridgehead atoms. The molecule has 0 saturated heterocycles. The molecule has 0 fully saturated rings. The van der Waals surface area contributed by atoms with E-state index in [-0.39, 0.29) is 80.5 Å². The van der Waals surface area contributed by atoms with Crippen molar-refractivity contribution in [3.63, 3.8) is 0 Å². The van der Waals surface area contributed by atoms with Crippen LogP contribution in [0.1, 0.15) is 36.1 Å². The Bertz CT molecular complexity index is 1810. The molecule has 210 valence electrons. The van der Waals surface area contributed by atoms with Gasteiger partial charge in [0.15, 0.2) is 0 Å². The number of hydrogen-bond acceptors (Lipinski definition) is 6. The van der Waals surface area contributed by atoms with Crippen LogP contribution in [0.2, 0.25) is 0 Å². The van der Waals surface area contributed by atoms with Crippen LogP contribution in [-0.4, -0.2) is 36.8 Å². The number of hydrogen-bond donors (Lipinski definition) is 0. The number of carbonyl (C=O) groups is 4. The Morgan fingerprint density at radius 1 is 0.548 bits per heavy atom. The van der Waals surface area contributed by atoms with E-state index in [4.69, 9.17) is 9.47 Å². The second kappa shape index (κ2) is 8.62. The van der Waals surface area contributed by atoms with E-state index < -0.39 is 47.0 Å². The van der Waals surface area contributed by atoms with Gasteiger partial charge in [0, 0.05) is 47.5 Å². The Morgan fingerprint density at radius 3 is 1.29 bits per heavy atom. The van der Waals surface area contributed by atoms with Crippen molar-refractivity contribution in [3.05, 3.63) is 81.9 Å². The maximum Gasteiger partial charge on any atom is 0.345 e. The number of rotatable bonds is 2. The summed E-state index contributed by atoms with van der Waals surface area (Å²) in [5.74, 6) is -7.64. The molecule has 3 aromatic carbocycles. The summed E-state index contributed by atoms with van der Waals surface area (Å²) < 4.78 is 68.8. The van der Waals surface area contributed by atoms with E-state index >= 15 is 0 Å². The highest BCUT2D eigenvalue weighted by molar-refractivity contribution is 6.48. The first-order chi connectivity index (χ1) is 20.0. The molecule has 0 N–H and O–H groups in total. The molecular formula is C30H16F4N2O6. The van der Waals surface area contributed by atoms with Crippen molar-refractivity contribution in [2.75, 3.05) is 22.9 Å². The summed E-state index contributed by atoms with van der Waals surface area (Å²) in [6.07, 6.45) is 0. The van der Waals surface area contributed by atoms with Crippen LogP contribution in [0.3, 0.4) is 0 Å². The lowest BCUT2D eigenvalue weighted by atomic mass is 9.92. The molecule has 4 aliphatic rings. The lowest BCUT2D eigenvalue weighted by Crippen LogP contribution is -2.27. The van der Waals surface area contributed by atoms with Crippen LogP contribution in [0.25, 0.3) is 22.3 Å². The first-order valence-corrected chi connectivity index (χ1v) is 12.8. The Kier molecular flexibility index (Phi) is 5.27. The molecule has 4 heterocycles. The van der Waals surface area contributed by atoms with Crippen molar-refractivity contribution in [2.24, 2.45) is 0 Å². The summed E-state index contributed by atoms with van der Waals surface area (Å²) in [6, 6.07) is 5.62. The minimum atomic E-state index is -0.991. The lowest BCUT2D eigenvalue weighted by Gasteiger charge is -2.14. The summed E-state index contributed by atoms with van der Waals surface area (Å²) in [4.78, 5) is 55.1. The van der Waals surface area contributed by atoms with Crippen molar-refractivity contribution in [3.8, 4) is 11.5 Å². The average Bonchev–Trinajstić information content (AvgIpc) is 3.58. The summed E-state index contributed by atoms with van der Waals surface area (Å²) in [5, 5.41) is 0. The molecule has 7 rings (SSSR count). The maximum atomic E-state index is 14.8. The predicted molar refractivity (Wildman–Crippen MR) is 140 cm³/mol. The van der Waals surface area contributed by atoms with Gasteiger partial charge in [-0.3, -0.25) is 9.59 Å². The van der Waals surface area contributed by atoms with E-state index in [0.29, 0.717) is 12.1 Å². The fraction of sp³-hybridized carbons (Fsp3) is 0.133. The number of nitrogens with zero attached hydrogens (tertiary/aromatic N) is 2. The lowest BCUT2D eigenvalue weighted by molar-refractivity contribution is -0.127. The van der Waals surface area contributed by atoms with Crippen molar-refractivity contribution in [1.29, 1.82) is 0 Å². The third-order valence-corrected chi connectivity index (χ3v) is 7.62. The molecule has 0 atom stereocenters. The van der Waals surface area contributed by atoms with Gasteiger partial charge in [0.2, 0.25) is 0 Å². The van der Waals surface area contributed by atoms with E-state index in [1.165, 1.54) is 12.1 Å². The topological polar surface area (TPSA) is 93.2 Å². The number of benzene rings is 3. The van der Waals surface area contributed by atoms with E-state index in [0.717, 1.165) is 21.9 Å². The summed E-state index contributed by atoms with van der Waals surface area (Å²) in [6.45, 7) is 3.22. The largest absolute Gasteiger partial charge is 0.422 e. The minimum absolute atomic E-state index is 0.0140. The zero-order chi connectivity index (χ0) is 29.8. The number of fused-ring (bicyclic) bond motifs is 4. The predicted octanol–water partition coefficient (Wildman–Crippen LogP) is 4.64. The highest BCUT2D eigenvalue weighted by Crippen LogP contribution is 2.52. The fourth-order valence-corrected chi connectivity index (χ4v) is 5.97. The smallest absolute Gasteiger partial charge is 0.345 e. The van der Waals surface area contributed by atoms with Crippen LogP contribution in [0.4, 0.5) is 28.9 Å². The number of carbonyl (C=O) groups excluding carboxylic acids is 4. The monoisotopic (exact) mass is 576 g/mol. The van der Waals surface area contributed by atoms with Gasteiger partial charge in [-0.15, -0.1) is 0 Å². The number of anilines is 2. The Hall–Kier alpha value is -5.26. The summed E-state index contributed by atoms with van der Waals surface area (Å²) in [7, 11) is 0. The highest BCUT2D eigenvalue weighted by Gasteiger charge is 2.45. The van der Waals surface area contributed by atoms with Gasteiger partial charge in [-0.1, -0.05) is 0 Å². The van der Waals surface area contributed by atoms with Crippen LogP contribution in [0, 0.1) is 23.3 Å². The molecule has 0 radical (unpaired) electrons. The number of ether oxygens (including phenoxy) is 2. The maximum absolute atomic E-state index is 14.8. The molecular weight excluding hydrogens is 560 g/mol. The van der Waals surface area contributed by atoms with Gasteiger partial charge >= 0.3 is 11.9 Å². The van der Waals surface area contributed by atoms with Gasteiger partial charge in [-0.2, -0.15) is 0 Å². The standard InChI is InChI=1S/C30H16F4N2O6/c1-3-35-25-15(5-11(31)7-17(25)33)21(27(35)37)23-13-9-20-14(10-19(13)41-29(23)39)24(30(40)42-20)22-16-6-12(32)8-18(34)26(16)36(4-2)28(22)38/h5-10H,3-4H2,1-2H3/b23-21-,24-22-. The van der Waals surface area contributed by atoms with Gasteiger partial charge in [0.1, 0.15) is 34.8 Å². The fourth-order valence-electron chi connectivity index (χ4n) is 5.97. The van der Waals surface area contributed by atoms with Crippen molar-refractivity contribution >= 4 is 57.4 Å². The molecule has 3 aromatic rings. The number of amides is 2. The first kappa shape index (κ1) is 25.7. The third kappa shape index (κ3) is 3.22. The molecule has 8 nitrogen and oxygen atoms in total. The number of halogens is 4. The molecule has 12 heteroatoms. The molecule has 0 spiro atoms. The van der Waals surface area contributed by atoms with Gasteiger partial charge < -0.3 is 19.3 Å². The van der Waals surface area contributed by atoms with Crippen LogP contribution in [0.5, 0.6) is 11.5 Å². The van der Waals surface area contributed by atoms with Gasteiger partial charge in [0.25, 0.3) is 11.8 Å². The quantitative estimate of drug-likeness (QED) is 0.191. The zero-order valence-corrected chi connectivity index (χ0v) is 21.7. The third-order valence-electron chi connectivity index (χ3n) is 7.62. The van der Waals surface area contributed by atoms with Crippen LogP contribution in [0.15, 0.2) is 36.4 Å². The van der Waals surface area contributed by atoms with E-state index in [9.17, 15) is 36.7 Å². The van der Waals surface area contributed by atoms with Crippen molar-refractivity contribution in [2.45, 2.75) is 13.8 Å². The normalized spacial score (nSPS) is 20.2. The van der Waals surface area contributed by atoms with Gasteiger partial charge in [-0.25, -0.2) is 27.2 Å². The van der Waals surface area contributed by atoms with Gasteiger partial charge in [-0.05, 0) is 38.1 Å². The van der Waals surface area contributed by atoms with Crippen LogP contribution in [-0.2, 0) is 19.2 Å². The molecule has 42 heavy (non-hydrogen) atoms. The molecule has 0 saturated carbocycles. The Morgan fingerprint density at radius 2 is 0.929 bits per heavy atom. The molecule has 2 amide bonds. The Labute approximate surface area is 234 Å². The average molecular weight is 576 g/mol. The SMILES string of the molecule is CCN1C(=O)/C(=C2\C(=O)Oc3cc4c(cc32)OC(=O)/C4=C2\C(=O)N(CC)c3c(F)cc(F)cc32)c2cc(F)cc(F)c21. The first-order valence-electron chi connectivity index (χ1n) is 12.8. The molecule has 0 aliphatic carbocycles. The number of likely N-dealkylation sites (N-methyl/N-ethyl adjacent to an activating group) is 2. The van der Waals surface area contributed by atoms with E-state index in [2.05, 4.69) is 0 Å². The highest BCUT2D eigenvalue weighted by atomic mass is 19.1. The number of esters is 2. The second-order valence-corrected chi connectivity index (χ2v) is 9.79. The zero-order valence-electron chi connectivity index (χ0n) is 21.7. The van der Waals surface area contributed by atoms with Gasteiger partial charge in [0.05, 0.1) is 33.7 Å². The van der Waals surface area contributed by atoms with Crippen LogP contribution < -0.4 is 19.3 Å². The Balaban J connectivity index is 1.46. The minimum Gasteiger partial charge on any atom is -0.422 e.